The molecule has 0 unspecified atom stereocenters. The van der Waals surface area contributed by atoms with Gasteiger partial charge in [0.25, 0.3) is 0 Å². The van der Waals surface area contributed by atoms with Crippen LogP contribution in [0.15, 0.2) is 0 Å². The van der Waals surface area contributed by atoms with Gasteiger partial charge in [0.2, 0.25) is 0 Å². The summed E-state index contributed by atoms with van der Waals surface area (Å²) in [5.41, 5.74) is 0. The van der Waals surface area contributed by atoms with Crippen molar-refractivity contribution < 1.29 is 17.5 Å². The van der Waals surface area contributed by atoms with Crippen LogP contribution in [0.3, 0.4) is 0 Å². The van der Waals surface area contributed by atoms with Gasteiger partial charge in [0.15, 0.2) is 0 Å². The monoisotopic (exact) mass is 377 g/mol. The maximum atomic E-state index is 10.9. The van der Waals surface area contributed by atoms with E-state index in [0.717, 1.165) is 24.1 Å². The number of unbranched alkanes of at least 4 members (excludes halogenated alkanes) is 10. The fraction of sp³-hybridized carbons (Fsp3) is 1.00. The van der Waals surface area contributed by atoms with E-state index in [1.54, 1.807) is 0 Å². The first-order valence-electron chi connectivity index (χ1n) is 10.6. The molecule has 5 heteroatoms. The Kier molecular flexibility index (Phi) is 14.9. The van der Waals surface area contributed by atoms with E-state index >= 15 is 0 Å². The van der Waals surface area contributed by atoms with Crippen LogP contribution in [0.2, 0.25) is 0 Å². The topological polar surface area (TPSA) is 57.2 Å². The van der Waals surface area contributed by atoms with Crippen LogP contribution in [0.5, 0.6) is 0 Å². The van der Waals surface area contributed by atoms with Crippen LogP contribution in [0, 0.1) is 0 Å². The Labute approximate surface area is 157 Å². The molecule has 0 amide bonds. The van der Waals surface area contributed by atoms with E-state index in [1.807, 2.05) is 0 Å². The molecule has 152 valence electrons. The van der Waals surface area contributed by atoms with Crippen molar-refractivity contribution in [3.63, 3.8) is 0 Å². The quantitative estimate of drug-likeness (QED) is 0.190. The van der Waals surface area contributed by atoms with Gasteiger partial charge in [-0.15, -0.1) is 0 Å². The lowest BCUT2D eigenvalue weighted by molar-refractivity contribution is -0.910. The molecule has 0 fully saturated rings. The van der Waals surface area contributed by atoms with Gasteiger partial charge >= 0.3 is 0 Å². The van der Waals surface area contributed by atoms with Gasteiger partial charge in [-0.1, -0.05) is 65.2 Å². The van der Waals surface area contributed by atoms with Gasteiger partial charge < -0.3 is 9.04 Å². The zero-order chi connectivity index (χ0) is 19.0. The minimum absolute atomic E-state index is 0.214. The molecule has 0 atom stereocenters. The Balaban J connectivity index is 4.18. The molecular formula is C20H43NO3S. The number of hydrogen-bond donors (Lipinski definition) is 0. The van der Waals surface area contributed by atoms with Crippen LogP contribution < -0.4 is 0 Å². The van der Waals surface area contributed by atoms with Crippen molar-refractivity contribution in [2.45, 2.75) is 97.3 Å². The molecule has 0 aromatic heterocycles. The maximum absolute atomic E-state index is 10.9. The number of quaternary nitrogens is 1. The van der Waals surface area contributed by atoms with Crippen molar-refractivity contribution in [1.29, 1.82) is 0 Å². The predicted molar refractivity (Wildman–Crippen MR) is 107 cm³/mol. The summed E-state index contributed by atoms with van der Waals surface area (Å²) in [4.78, 5) is 0. The lowest BCUT2D eigenvalue weighted by Gasteiger charge is -2.35. The van der Waals surface area contributed by atoms with Gasteiger partial charge in [-0.05, 0) is 25.7 Å². The van der Waals surface area contributed by atoms with Crippen molar-refractivity contribution in [2.24, 2.45) is 0 Å². The molecular weight excluding hydrogens is 334 g/mol. The highest BCUT2D eigenvalue weighted by Crippen LogP contribution is 2.14. The second kappa shape index (κ2) is 15.0. The zero-order valence-electron chi connectivity index (χ0n) is 17.1. The number of hydrogen-bond acceptors (Lipinski definition) is 3. The van der Waals surface area contributed by atoms with Gasteiger partial charge in [0, 0.05) is 12.2 Å². The molecule has 0 N–H and O–H groups in total. The summed E-state index contributed by atoms with van der Waals surface area (Å²) >= 11 is 0. The van der Waals surface area contributed by atoms with E-state index in [2.05, 4.69) is 20.9 Å². The molecule has 0 saturated heterocycles. The van der Waals surface area contributed by atoms with E-state index in [9.17, 15) is 13.0 Å². The summed E-state index contributed by atoms with van der Waals surface area (Å²) in [7, 11) is -1.83. The Morgan fingerprint density at radius 1 is 0.640 bits per heavy atom. The van der Waals surface area contributed by atoms with Gasteiger partial charge in [-0.3, -0.25) is 0 Å². The first-order chi connectivity index (χ1) is 11.8. The molecule has 0 saturated carbocycles. The minimum Gasteiger partial charge on any atom is -0.748 e. The summed E-state index contributed by atoms with van der Waals surface area (Å²) in [6.45, 7) is 7.50. The summed E-state index contributed by atoms with van der Waals surface area (Å²) in [6, 6.07) is 0. The second-order valence-corrected chi connectivity index (χ2v) is 9.46. The van der Waals surface area contributed by atoms with Gasteiger partial charge in [0.05, 0.1) is 36.8 Å². The van der Waals surface area contributed by atoms with Crippen molar-refractivity contribution in [1.82, 2.24) is 0 Å². The second-order valence-electron chi connectivity index (χ2n) is 7.94. The Morgan fingerprint density at radius 2 is 1.00 bits per heavy atom. The van der Waals surface area contributed by atoms with E-state index < -0.39 is 10.1 Å². The summed E-state index contributed by atoms with van der Waals surface area (Å²) in [5.74, 6) is -0.214. The molecule has 4 nitrogen and oxygen atoms in total. The minimum atomic E-state index is -4.08. The Morgan fingerprint density at radius 3 is 1.40 bits per heavy atom. The predicted octanol–water partition coefficient (Wildman–Crippen LogP) is 5.09. The van der Waals surface area contributed by atoms with Crippen LogP contribution in [0.1, 0.15) is 97.3 Å². The fourth-order valence-electron chi connectivity index (χ4n) is 3.51. The van der Waals surface area contributed by atoms with Crippen LogP contribution in [-0.4, -0.2) is 49.9 Å². The first kappa shape index (κ1) is 24.9. The van der Waals surface area contributed by atoms with E-state index in [4.69, 9.17) is 0 Å². The molecule has 0 aromatic carbocycles. The lowest BCUT2D eigenvalue weighted by atomic mass is 10.1. The summed E-state index contributed by atoms with van der Waals surface area (Å²) in [6.07, 6.45) is 15.9. The first-order valence-corrected chi connectivity index (χ1v) is 12.2. The molecule has 25 heavy (non-hydrogen) atoms. The molecule has 0 aliphatic carbocycles. The molecule has 0 aromatic rings. The average Bonchev–Trinajstić information content (AvgIpc) is 2.53. The maximum Gasteiger partial charge on any atom is 0.0948 e. The van der Waals surface area contributed by atoms with E-state index in [0.29, 0.717) is 6.42 Å². The third kappa shape index (κ3) is 17.1. The number of rotatable bonds is 18. The van der Waals surface area contributed by atoms with E-state index in [1.165, 1.54) is 77.0 Å². The summed E-state index contributed by atoms with van der Waals surface area (Å²) < 4.78 is 33.6. The summed E-state index contributed by atoms with van der Waals surface area (Å²) in [5, 5.41) is 0. The van der Waals surface area contributed by atoms with Crippen molar-refractivity contribution in [3.05, 3.63) is 0 Å². The van der Waals surface area contributed by atoms with Crippen LogP contribution in [-0.2, 0) is 10.1 Å². The van der Waals surface area contributed by atoms with Crippen molar-refractivity contribution in [3.8, 4) is 0 Å². The Bertz CT molecular complexity index is 380. The van der Waals surface area contributed by atoms with Crippen molar-refractivity contribution >= 4 is 10.1 Å². The third-order valence-electron chi connectivity index (χ3n) is 5.20. The smallest absolute Gasteiger partial charge is 0.0948 e. The highest BCUT2D eigenvalue weighted by atomic mass is 32.2. The van der Waals surface area contributed by atoms with Crippen LogP contribution >= 0.6 is 0 Å². The molecule has 0 radical (unpaired) electrons. The largest absolute Gasteiger partial charge is 0.748 e. The molecule has 0 aliphatic rings. The van der Waals surface area contributed by atoms with Crippen LogP contribution in [0.4, 0.5) is 0 Å². The molecule has 0 spiro atoms. The molecule has 0 bridgehead atoms. The van der Waals surface area contributed by atoms with Crippen LogP contribution in [0.25, 0.3) is 0 Å². The van der Waals surface area contributed by atoms with Gasteiger partial charge in [0.1, 0.15) is 0 Å². The zero-order valence-corrected chi connectivity index (χ0v) is 17.9. The Hall–Kier alpha value is -0.130. The standard InChI is InChI=1S/C20H43NO3S/c1-4-6-8-10-12-14-17-21(3,19-16-20-25(22,23)24)18-15-13-11-9-7-5-2/h4-20H2,1-3H3. The lowest BCUT2D eigenvalue weighted by Crippen LogP contribution is -2.46. The highest BCUT2D eigenvalue weighted by molar-refractivity contribution is 7.85. The normalized spacial score (nSPS) is 12.6. The van der Waals surface area contributed by atoms with Crippen molar-refractivity contribution in [2.75, 3.05) is 32.4 Å². The number of nitrogens with zero attached hydrogens (tertiary/aromatic N) is 1. The molecule has 0 aliphatic heterocycles. The van der Waals surface area contributed by atoms with Gasteiger partial charge in [-0.25, -0.2) is 8.42 Å². The fourth-order valence-corrected chi connectivity index (χ4v) is 3.99. The molecule has 0 rings (SSSR count). The third-order valence-corrected chi connectivity index (χ3v) is 5.98. The van der Waals surface area contributed by atoms with Gasteiger partial charge in [-0.2, -0.15) is 0 Å². The van der Waals surface area contributed by atoms with E-state index in [-0.39, 0.29) is 5.75 Å². The SMILES string of the molecule is CCCCCCCC[N+](C)(CCCCCCCC)CCCS(=O)(=O)[O-]. The molecule has 0 heterocycles. The average molecular weight is 378 g/mol. The highest BCUT2D eigenvalue weighted by Gasteiger charge is 2.20.